The Morgan fingerprint density at radius 1 is 1.30 bits per heavy atom. The summed E-state index contributed by atoms with van der Waals surface area (Å²) in [5.74, 6) is 0.696. The van der Waals surface area contributed by atoms with Gasteiger partial charge in [0.25, 0.3) is 0 Å². The zero-order chi connectivity index (χ0) is 14.5. The Bertz CT molecular complexity index is 637. The van der Waals surface area contributed by atoms with Gasteiger partial charge in [0.1, 0.15) is 12.1 Å². The lowest BCUT2D eigenvalue weighted by Gasteiger charge is -2.10. The van der Waals surface area contributed by atoms with Crippen molar-refractivity contribution in [1.29, 1.82) is 5.41 Å². The maximum absolute atomic E-state index is 10.4. The number of nitrogens with one attached hydrogen (secondary N) is 2. The van der Waals surface area contributed by atoms with Gasteiger partial charge in [-0.15, -0.1) is 0 Å². The maximum atomic E-state index is 10.4. The number of hydrogen-bond donors (Lipinski definition) is 2. The van der Waals surface area contributed by atoms with Gasteiger partial charge >= 0.3 is 0 Å². The van der Waals surface area contributed by atoms with Crippen LogP contribution in [0, 0.1) is 12.3 Å². The fourth-order valence-corrected chi connectivity index (χ4v) is 1.74. The quantitative estimate of drug-likeness (QED) is 0.638. The van der Waals surface area contributed by atoms with E-state index in [0.29, 0.717) is 28.5 Å². The number of nitrogens with zero attached hydrogens (tertiary/aromatic N) is 3. The standard InChI is InChI=1S/C14H15N5O/c1-9(15)12-5-13(11-6-17-10(2)18-7-11)19-8-14(12)16-3-4-20/h4-8,15-16H,3H2,1-2H3. The topological polar surface area (TPSA) is 91.6 Å². The molecule has 0 unspecified atom stereocenters. The first-order valence-electron chi connectivity index (χ1n) is 6.14. The van der Waals surface area contributed by atoms with Crippen LogP contribution >= 0.6 is 0 Å². The molecule has 0 aliphatic heterocycles. The average molecular weight is 269 g/mol. The van der Waals surface area contributed by atoms with Crippen LogP contribution in [-0.2, 0) is 4.79 Å². The number of aryl methyl sites for hydroxylation is 1. The Morgan fingerprint density at radius 3 is 2.60 bits per heavy atom. The largest absolute Gasteiger partial charge is 0.376 e. The molecule has 0 aliphatic rings. The van der Waals surface area contributed by atoms with Crippen LogP contribution in [0.3, 0.4) is 0 Å². The molecule has 0 spiro atoms. The van der Waals surface area contributed by atoms with E-state index in [1.165, 1.54) is 0 Å². The third-order valence-corrected chi connectivity index (χ3v) is 2.76. The fraction of sp³-hybridized carbons (Fsp3) is 0.214. The summed E-state index contributed by atoms with van der Waals surface area (Å²) in [6.07, 6.45) is 5.79. The minimum atomic E-state index is 0.189. The van der Waals surface area contributed by atoms with Gasteiger partial charge in [0, 0.05) is 29.2 Å². The van der Waals surface area contributed by atoms with Crippen molar-refractivity contribution >= 4 is 17.7 Å². The summed E-state index contributed by atoms with van der Waals surface area (Å²) >= 11 is 0. The highest BCUT2D eigenvalue weighted by atomic mass is 16.1. The summed E-state index contributed by atoms with van der Waals surface area (Å²) in [6, 6.07) is 1.80. The van der Waals surface area contributed by atoms with E-state index in [9.17, 15) is 4.79 Å². The van der Waals surface area contributed by atoms with Crippen LogP contribution in [-0.4, -0.2) is 33.5 Å². The van der Waals surface area contributed by atoms with Gasteiger partial charge in [-0.25, -0.2) is 9.97 Å². The lowest BCUT2D eigenvalue weighted by atomic mass is 10.1. The molecule has 0 saturated heterocycles. The fourth-order valence-electron chi connectivity index (χ4n) is 1.74. The molecule has 0 aromatic carbocycles. The molecule has 0 radical (unpaired) electrons. The van der Waals surface area contributed by atoms with Crippen molar-refractivity contribution in [3.63, 3.8) is 0 Å². The van der Waals surface area contributed by atoms with Gasteiger partial charge in [-0.2, -0.15) is 0 Å². The van der Waals surface area contributed by atoms with Gasteiger partial charge in [-0.3, -0.25) is 4.98 Å². The average Bonchev–Trinajstić information content (AvgIpc) is 2.45. The summed E-state index contributed by atoms with van der Waals surface area (Å²) < 4.78 is 0. The van der Waals surface area contributed by atoms with Crippen LogP contribution in [0.4, 0.5) is 5.69 Å². The Labute approximate surface area is 116 Å². The van der Waals surface area contributed by atoms with Crippen LogP contribution in [0.2, 0.25) is 0 Å². The smallest absolute Gasteiger partial charge is 0.139 e. The van der Waals surface area contributed by atoms with E-state index in [1.54, 1.807) is 31.6 Å². The molecule has 6 heteroatoms. The first-order chi connectivity index (χ1) is 9.61. The van der Waals surface area contributed by atoms with Gasteiger partial charge in [0.15, 0.2) is 0 Å². The molecular weight excluding hydrogens is 254 g/mol. The second-order valence-electron chi connectivity index (χ2n) is 4.31. The van der Waals surface area contributed by atoms with Gasteiger partial charge in [0.2, 0.25) is 0 Å². The van der Waals surface area contributed by atoms with Crippen molar-refractivity contribution < 1.29 is 4.79 Å². The number of carbonyl (C=O) groups is 1. The maximum Gasteiger partial charge on any atom is 0.139 e. The van der Waals surface area contributed by atoms with Crippen molar-refractivity contribution in [1.82, 2.24) is 15.0 Å². The van der Waals surface area contributed by atoms with Crippen molar-refractivity contribution in [2.24, 2.45) is 0 Å². The summed E-state index contributed by atoms with van der Waals surface area (Å²) in [6.45, 7) is 3.70. The molecule has 2 aromatic rings. The Kier molecular flexibility index (Phi) is 4.14. The highest BCUT2D eigenvalue weighted by Gasteiger charge is 2.09. The van der Waals surface area contributed by atoms with Crippen LogP contribution in [0.15, 0.2) is 24.7 Å². The highest BCUT2D eigenvalue weighted by molar-refractivity contribution is 6.02. The molecule has 0 aliphatic carbocycles. The molecule has 2 rings (SSSR count). The first-order valence-corrected chi connectivity index (χ1v) is 6.14. The van der Waals surface area contributed by atoms with Crippen molar-refractivity contribution in [3.05, 3.63) is 36.0 Å². The number of carbonyl (C=O) groups excluding carboxylic acids is 1. The van der Waals surface area contributed by atoms with E-state index in [-0.39, 0.29) is 6.54 Å². The van der Waals surface area contributed by atoms with E-state index in [0.717, 1.165) is 11.8 Å². The number of anilines is 1. The van der Waals surface area contributed by atoms with E-state index in [4.69, 9.17) is 5.41 Å². The van der Waals surface area contributed by atoms with E-state index in [2.05, 4.69) is 20.3 Å². The molecule has 2 N–H and O–H groups in total. The second-order valence-corrected chi connectivity index (χ2v) is 4.31. The minimum absolute atomic E-state index is 0.189. The van der Waals surface area contributed by atoms with Crippen LogP contribution in [0.25, 0.3) is 11.3 Å². The molecule has 6 nitrogen and oxygen atoms in total. The van der Waals surface area contributed by atoms with Gasteiger partial charge < -0.3 is 15.5 Å². The lowest BCUT2D eigenvalue weighted by molar-refractivity contribution is -0.106. The zero-order valence-electron chi connectivity index (χ0n) is 11.3. The first kappa shape index (κ1) is 13.8. The molecule has 0 amide bonds. The number of rotatable bonds is 5. The summed E-state index contributed by atoms with van der Waals surface area (Å²) in [5, 5.41) is 10.7. The van der Waals surface area contributed by atoms with Crippen molar-refractivity contribution in [3.8, 4) is 11.3 Å². The van der Waals surface area contributed by atoms with Crippen LogP contribution < -0.4 is 5.32 Å². The summed E-state index contributed by atoms with van der Waals surface area (Å²) in [5.41, 5.74) is 3.26. The molecule has 0 saturated carbocycles. The number of hydrogen-bond acceptors (Lipinski definition) is 6. The van der Waals surface area contributed by atoms with E-state index in [1.807, 2.05) is 6.92 Å². The molecule has 0 atom stereocenters. The third-order valence-electron chi connectivity index (χ3n) is 2.76. The van der Waals surface area contributed by atoms with E-state index >= 15 is 0 Å². The molecule has 2 aromatic heterocycles. The highest BCUT2D eigenvalue weighted by Crippen LogP contribution is 2.22. The molecule has 2 heterocycles. The normalized spacial score (nSPS) is 10.1. The lowest BCUT2D eigenvalue weighted by Crippen LogP contribution is -2.08. The molecule has 20 heavy (non-hydrogen) atoms. The van der Waals surface area contributed by atoms with Crippen molar-refractivity contribution in [2.45, 2.75) is 13.8 Å². The molecule has 102 valence electrons. The van der Waals surface area contributed by atoms with Crippen LogP contribution in [0.1, 0.15) is 18.3 Å². The zero-order valence-corrected chi connectivity index (χ0v) is 11.3. The van der Waals surface area contributed by atoms with Crippen molar-refractivity contribution in [2.75, 3.05) is 11.9 Å². The predicted molar refractivity (Wildman–Crippen MR) is 77.1 cm³/mol. The second kappa shape index (κ2) is 6.01. The van der Waals surface area contributed by atoms with Gasteiger partial charge in [-0.1, -0.05) is 0 Å². The molecule has 0 bridgehead atoms. The number of aromatic nitrogens is 3. The third kappa shape index (κ3) is 3.03. The Morgan fingerprint density at radius 2 is 2.00 bits per heavy atom. The molecule has 0 fully saturated rings. The number of pyridine rings is 1. The number of aldehydes is 1. The minimum Gasteiger partial charge on any atom is -0.376 e. The predicted octanol–water partition coefficient (Wildman–Crippen LogP) is 1.85. The van der Waals surface area contributed by atoms with E-state index < -0.39 is 0 Å². The van der Waals surface area contributed by atoms with Gasteiger partial charge in [-0.05, 0) is 19.9 Å². The van der Waals surface area contributed by atoms with Crippen LogP contribution in [0.5, 0.6) is 0 Å². The summed E-state index contributed by atoms with van der Waals surface area (Å²) in [7, 11) is 0. The molecular formula is C14H15N5O. The Balaban J connectivity index is 2.41. The van der Waals surface area contributed by atoms with Gasteiger partial charge in [0.05, 0.1) is 24.1 Å². The Hall–Kier alpha value is -2.63. The summed E-state index contributed by atoms with van der Waals surface area (Å²) in [4.78, 5) is 23.0. The monoisotopic (exact) mass is 269 g/mol. The SMILES string of the molecule is CC(=N)c1cc(-c2cnc(C)nc2)ncc1NCC=O.